The van der Waals surface area contributed by atoms with Crippen LogP contribution in [0.15, 0.2) is 24.3 Å². The number of hydroxylamine groups is 2. The predicted molar refractivity (Wildman–Crippen MR) is 58.8 cm³/mol. The number of benzene rings is 1. The van der Waals surface area contributed by atoms with Gasteiger partial charge in [-0.3, -0.25) is 24.5 Å². The Bertz CT molecular complexity index is 548. The largest absolute Gasteiger partial charge is 0.285 e. The van der Waals surface area contributed by atoms with Gasteiger partial charge in [0.15, 0.2) is 0 Å². The maximum atomic E-state index is 12.1. The van der Waals surface area contributed by atoms with E-state index in [4.69, 9.17) is 0 Å². The molecule has 2 heterocycles. The summed E-state index contributed by atoms with van der Waals surface area (Å²) in [6, 6.07) is 4.97. The van der Waals surface area contributed by atoms with Gasteiger partial charge in [-0.1, -0.05) is 12.1 Å². The van der Waals surface area contributed by atoms with Gasteiger partial charge in [0.2, 0.25) is 0 Å². The Labute approximate surface area is 102 Å². The van der Waals surface area contributed by atoms with Crippen LogP contribution >= 0.6 is 0 Å². The molecule has 1 N–H and O–H groups in total. The lowest BCUT2D eigenvalue weighted by molar-refractivity contribution is -0.212. The van der Waals surface area contributed by atoms with E-state index in [1.807, 2.05) is 0 Å². The number of carbonyl (C=O) groups is 3. The number of amides is 3. The van der Waals surface area contributed by atoms with Crippen molar-refractivity contribution in [2.24, 2.45) is 0 Å². The van der Waals surface area contributed by atoms with Crippen molar-refractivity contribution >= 4 is 17.7 Å². The number of rotatable bonds is 1. The highest BCUT2D eigenvalue weighted by Crippen LogP contribution is 2.31. The van der Waals surface area contributed by atoms with E-state index >= 15 is 0 Å². The van der Waals surface area contributed by atoms with Crippen LogP contribution in [0.2, 0.25) is 0 Å². The fraction of sp³-hybridized carbons (Fsp3) is 0.250. The van der Waals surface area contributed by atoms with Gasteiger partial charge < -0.3 is 0 Å². The summed E-state index contributed by atoms with van der Waals surface area (Å²) in [4.78, 5) is 36.6. The Morgan fingerprint density at radius 1 is 1.06 bits per heavy atom. The minimum Gasteiger partial charge on any atom is -0.285 e. The summed E-state index contributed by atoms with van der Waals surface area (Å²) in [6.07, 6.45) is 0. The summed E-state index contributed by atoms with van der Waals surface area (Å²) in [5.41, 5.74) is 0.609. The summed E-state index contributed by atoms with van der Waals surface area (Å²) in [5.74, 6) is -1.58. The first-order valence-corrected chi connectivity index (χ1v) is 5.53. The number of carbonyl (C=O) groups excluding carboxylic acids is 3. The average molecular weight is 246 g/mol. The number of hydrogen-bond donors (Lipinski definition) is 1. The molecule has 0 spiro atoms. The van der Waals surface area contributed by atoms with E-state index in [9.17, 15) is 19.6 Å². The molecule has 1 fully saturated rings. The highest BCUT2D eigenvalue weighted by molar-refractivity contribution is 6.23. The van der Waals surface area contributed by atoms with Crippen LogP contribution in [0.25, 0.3) is 0 Å². The highest BCUT2D eigenvalue weighted by Gasteiger charge is 2.54. The highest BCUT2D eigenvalue weighted by atomic mass is 16.5. The normalized spacial score (nSPS) is 26.4. The van der Waals surface area contributed by atoms with Gasteiger partial charge in [-0.15, -0.1) is 0 Å². The molecule has 3 rings (SSSR count). The van der Waals surface area contributed by atoms with E-state index in [-0.39, 0.29) is 0 Å². The van der Waals surface area contributed by atoms with Crippen molar-refractivity contribution in [1.82, 2.24) is 9.96 Å². The van der Waals surface area contributed by atoms with Crippen molar-refractivity contribution in [2.45, 2.75) is 19.0 Å². The van der Waals surface area contributed by atoms with Crippen molar-refractivity contribution in [3.63, 3.8) is 0 Å². The molecule has 0 saturated carbocycles. The Kier molecular flexibility index (Phi) is 2.06. The van der Waals surface area contributed by atoms with Crippen LogP contribution in [0.3, 0.4) is 0 Å². The Morgan fingerprint density at radius 3 is 2.00 bits per heavy atom. The Hall–Kier alpha value is -2.21. The van der Waals surface area contributed by atoms with Gasteiger partial charge in [0.1, 0.15) is 6.04 Å². The molecule has 1 saturated heterocycles. The SMILES string of the molecule is C[C@H]1[C@H](N2C(=O)c3ccccc3C2=O)C(=O)N1O. The minimum absolute atomic E-state index is 0.305. The average Bonchev–Trinajstić information content (AvgIpc) is 2.64. The lowest BCUT2D eigenvalue weighted by atomic mass is 9.98. The van der Waals surface area contributed by atoms with Crippen LogP contribution in [-0.2, 0) is 4.79 Å². The third-order valence-electron chi connectivity index (χ3n) is 3.43. The molecule has 2 atom stereocenters. The number of nitrogens with zero attached hydrogens (tertiary/aromatic N) is 2. The quantitative estimate of drug-likeness (QED) is 0.438. The maximum Gasteiger partial charge on any atom is 0.271 e. The zero-order valence-electron chi connectivity index (χ0n) is 9.53. The summed E-state index contributed by atoms with van der Waals surface area (Å²) in [5, 5.41) is 9.78. The van der Waals surface area contributed by atoms with Crippen LogP contribution in [0.1, 0.15) is 27.6 Å². The molecule has 1 aromatic carbocycles. The molecule has 92 valence electrons. The molecule has 1 aromatic rings. The molecule has 18 heavy (non-hydrogen) atoms. The molecule has 0 radical (unpaired) electrons. The maximum absolute atomic E-state index is 12.1. The van der Waals surface area contributed by atoms with E-state index in [2.05, 4.69) is 0 Å². The molecule has 2 aliphatic heterocycles. The molecule has 0 aromatic heterocycles. The lowest BCUT2D eigenvalue weighted by Crippen LogP contribution is -2.69. The summed E-state index contributed by atoms with van der Waals surface area (Å²) < 4.78 is 0. The van der Waals surface area contributed by atoms with Gasteiger partial charge >= 0.3 is 0 Å². The first kappa shape index (κ1) is 10.9. The topological polar surface area (TPSA) is 77.9 Å². The Balaban J connectivity index is 2.01. The molecule has 0 bridgehead atoms. The predicted octanol–water partition coefficient (Wildman–Crippen LogP) is 0.271. The molecule has 0 unspecified atom stereocenters. The first-order chi connectivity index (χ1) is 8.54. The first-order valence-electron chi connectivity index (χ1n) is 5.53. The van der Waals surface area contributed by atoms with Gasteiger partial charge in [0, 0.05) is 0 Å². The van der Waals surface area contributed by atoms with E-state index < -0.39 is 29.8 Å². The van der Waals surface area contributed by atoms with Crippen molar-refractivity contribution < 1.29 is 19.6 Å². The fourth-order valence-electron chi connectivity index (χ4n) is 2.38. The molecule has 3 amide bonds. The number of β-lactam (4-membered cyclic amide) rings is 1. The zero-order chi connectivity index (χ0) is 13.0. The molecule has 0 aliphatic carbocycles. The second-order valence-electron chi connectivity index (χ2n) is 4.39. The van der Waals surface area contributed by atoms with E-state index in [0.29, 0.717) is 16.2 Å². The van der Waals surface area contributed by atoms with Crippen molar-refractivity contribution in [3.05, 3.63) is 35.4 Å². The minimum atomic E-state index is -0.901. The summed E-state index contributed by atoms with van der Waals surface area (Å²) >= 11 is 0. The number of hydrogen-bond acceptors (Lipinski definition) is 4. The van der Waals surface area contributed by atoms with Gasteiger partial charge in [-0.05, 0) is 19.1 Å². The molecular weight excluding hydrogens is 236 g/mol. The third kappa shape index (κ3) is 1.12. The standard InChI is InChI=1S/C12H10N2O4/c1-6-9(12(17)14(6)18)13-10(15)7-4-2-3-5-8(7)11(13)16/h2-6,9,18H,1H3/t6-,9-/m0/s1. The smallest absolute Gasteiger partial charge is 0.271 e. The lowest BCUT2D eigenvalue weighted by Gasteiger charge is -2.43. The van der Waals surface area contributed by atoms with Crippen LogP contribution in [0.4, 0.5) is 0 Å². The monoisotopic (exact) mass is 246 g/mol. The zero-order valence-corrected chi connectivity index (χ0v) is 9.53. The molecule has 6 nitrogen and oxygen atoms in total. The van der Waals surface area contributed by atoms with Gasteiger partial charge in [-0.25, -0.2) is 5.06 Å². The van der Waals surface area contributed by atoms with E-state index in [0.717, 1.165) is 4.90 Å². The van der Waals surface area contributed by atoms with Crippen LogP contribution in [0.5, 0.6) is 0 Å². The molecule has 6 heteroatoms. The summed E-state index contributed by atoms with van der Waals surface area (Å²) in [7, 11) is 0. The fourth-order valence-corrected chi connectivity index (χ4v) is 2.38. The second-order valence-corrected chi connectivity index (χ2v) is 4.39. The number of imide groups is 1. The second kappa shape index (κ2) is 3.39. The van der Waals surface area contributed by atoms with E-state index in [1.165, 1.54) is 0 Å². The molecular formula is C12H10N2O4. The van der Waals surface area contributed by atoms with Crippen molar-refractivity contribution in [1.29, 1.82) is 0 Å². The van der Waals surface area contributed by atoms with Crippen molar-refractivity contribution in [2.75, 3.05) is 0 Å². The van der Waals surface area contributed by atoms with Crippen LogP contribution < -0.4 is 0 Å². The molecule has 2 aliphatic rings. The van der Waals surface area contributed by atoms with Gasteiger partial charge in [0.05, 0.1) is 17.2 Å². The number of fused-ring (bicyclic) bond motifs is 1. The van der Waals surface area contributed by atoms with E-state index in [1.54, 1.807) is 31.2 Å². The summed E-state index contributed by atoms with van der Waals surface area (Å²) in [6.45, 7) is 1.58. The van der Waals surface area contributed by atoms with Gasteiger partial charge in [-0.2, -0.15) is 0 Å². The third-order valence-corrected chi connectivity index (χ3v) is 3.43. The van der Waals surface area contributed by atoms with Crippen LogP contribution in [-0.4, -0.2) is 45.0 Å². The van der Waals surface area contributed by atoms with Crippen LogP contribution in [0, 0.1) is 0 Å². The van der Waals surface area contributed by atoms with Crippen molar-refractivity contribution in [3.8, 4) is 0 Å². The van der Waals surface area contributed by atoms with Gasteiger partial charge in [0.25, 0.3) is 17.7 Å². The Morgan fingerprint density at radius 2 is 1.56 bits per heavy atom.